The van der Waals surface area contributed by atoms with Crippen LogP contribution in [-0.2, 0) is 19.1 Å². The van der Waals surface area contributed by atoms with Crippen LogP contribution in [0.4, 0.5) is 0 Å². The summed E-state index contributed by atoms with van der Waals surface area (Å²) in [7, 11) is 1.30. The molecule has 0 bridgehead atoms. The van der Waals surface area contributed by atoms with Crippen LogP contribution in [0.1, 0.15) is 57.8 Å². The van der Waals surface area contributed by atoms with Gasteiger partial charge in [-0.1, -0.05) is 6.42 Å². The van der Waals surface area contributed by atoms with E-state index in [1.54, 1.807) is 0 Å². The molecule has 0 radical (unpaired) electrons. The molecule has 7 nitrogen and oxygen atoms in total. The summed E-state index contributed by atoms with van der Waals surface area (Å²) in [4.78, 5) is 38.3. The van der Waals surface area contributed by atoms with Crippen molar-refractivity contribution in [1.29, 1.82) is 0 Å². The number of hydrogen-bond donors (Lipinski definition) is 2. The average molecular weight is 339 g/mol. The molecule has 0 aromatic carbocycles. The number of carbonyl (C=O) groups is 3. The third-order valence-electron chi connectivity index (χ3n) is 3.82. The zero-order chi connectivity index (χ0) is 17.9. The van der Waals surface area contributed by atoms with Gasteiger partial charge in [-0.25, -0.2) is 0 Å². The van der Waals surface area contributed by atoms with E-state index >= 15 is 0 Å². The highest BCUT2D eigenvalue weighted by atomic mass is 16.5. The molecule has 0 fully saturated rings. The van der Waals surface area contributed by atoms with Crippen molar-refractivity contribution in [2.24, 2.45) is 4.99 Å². The number of ether oxygens (including phenoxy) is 1. The van der Waals surface area contributed by atoms with Crippen LogP contribution in [0.25, 0.3) is 0 Å². The Kier molecular flexibility index (Phi) is 8.75. The van der Waals surface area contributed by atoms with Gasteiger partial charge in [0.1, 0.15) is 5.76 Å². The summed E-state index contributed by atoms with van der Waals surface area (Å²) in [6, 6.07) is 0. The number of esters is 1. The Bertz CT molecular complexity index is 535. The van der Waals surface area contributed by atoms with Crippen LogP contribution < -0.4 is 0 Å². The predicted molar refractivity (Wildman–Crippen MR) is 88.2 cm³/mol. The highest BCUT2D eigenvalue weighted by molar-refractivity contribution is 6.23. The van der Waals surface area contributed by atoms with Gasteiger partial charge >= 0.3 is 11.9 Å². The molecule has 24 heavy (non-hydrogen) atoms. The fourth-order valence-corrected chi connectivity index (χ4v) is 2.54. The lowest BCUT2D eigenvalue weighted by Crippen LogP contribution is -2.21. The number of aliphatic carboxylic acids is 1. The van der Waals surface area contributed by atoms with Crippen LogP contribution >= 0.6 is 0 Å². The van der Waals surface area contributed by atoms with Gasteiger partial charge in [0.25, 0.3) is 0 Å². The minimum atomic E-state index is -0.819. The lowest BCUT2D eigenvalue weighted by Gasteiger charge is -2.17. The van der Waals surface area contributed by atoms with Gasteiger partial charge in [0.2, 0.25) is 0 Å². The van der Waals surface area contributed by atoms with Crippen LogP contribution in [-0.4, -0.2) is 47.3 Å². The fourth-order valence-electron chi connectivity index (χ4n) is 2.54. The number of carboxylic acid groups (broad SMARTS) is 1. The largest absolute Gasteiger partial charge is 0.511 e. The molecule has 0 aromatic rings. The summed E-state index contributed by atoms with van der Waals surface area (Å²) < 4.78 is 4.61. The van der Waals surface area contributed by atoms with Gasteiger partial charge in [-0.05, 0) is 19.3 Å². The number of rotatable bonds is 10. The van der Waals surface area contributed by atoms with Gasteiger partial charge in [0, 0.05) is 37.9 Å². The lowest BCUT2D eigenvalue weighted by molar-refractivity contribution is -0.140. The normalized spacial score (nSPS) is 15.5. The third-order valence-corrected chi connectivity index (χ3v) is 3.82. The molecule has 2 N–H and O–H groups in total. The highest BCUT2D eigenvalue weighted by Gasteiger charge is 2.25. The molecule has 0 saturated heterocycles. The molecular formula is C17H25NO6. The maximum atomic E-state index is 12.1. The van der Waals surface area contributed by atoms with Crippen LogP contribution in [0.3, 0.4) is 0 Å². The minimum absolute atomic E-state index is 0.0424. The van der Waals surface area contributed by atoms with Crippen LogP contribution in [0.15, 0.2) is 16.3 Å². The van der Waals surface area contributed by atoms with E-state index in [9.17, 15) is 19.5 Å². The van der Waals surface area contributed by atoms with E-state index in [0.29, 0.717) is 44.4 Å². The van der Waals surface area contributed by atoms with Crippen LogP contribution in [0.5, 0.6) is 0 Å². The number of carbonyl (C=O) groups excluding carboxylic acids is 2. The Hall–Kier alpha value is -2.18. The van der Waals surface area contributed by atoms with Crippen LogP contribution in [0.2, 0.25) is 0 Å². The first kappa shape index (κ1) is 19.9. The number of aliphatic hydroxyl groups excluding tert-OH is 1. The third kappa shape index (κ3) is 6.93. The molecule has 0 atom stereocenters. The molecule has 7 heteroatoms. The van der Waals surface area contributed by atoms with E-state index in [0.717, 1.165) is 6.42 Å². The monoisotopic (exact) mass is 339 g/mol. The topological polar surface area (TPSA) is 113 Å². The summed E-state index contributed by atoms with van der Waals surface area (Å²) in [5.74, 6) is -1.32. The van der Waals surface area contributed by atoms with E-state index in [1.807, 2.05) is 0 Å². The van der Waals surface area contributed by atoms with Crippen molar-refractivity contribution in [3.63, 3.8) is 0 Å². The summed E-state index contributed by atoms with van der Waals surface area (Å²) >= 11 is 0. The Morgan fingerprint density at radius 2 is 1.88 bits per heavy atom. The summed E-state index contributed by atoms with van der Waals surface area (Å²) in [5, 5.41) is 18.6. The van der Waals surface area contributed by atoms with Gasteiger partial charge in [-0.3, -0.25) is 19.4 Å². The fraction of sp³-hybridized carbons (Fsp3) is 0.647. The second-order valence-electron chi connectivity index (χ2n) is 5.71. The zero-order valence-corrected chi connectivity index (χ0v) is 14.0. The first-order valence-electron chi connectivity index (χ1n) is 8.23. The van der Waals surface area contributed by atoms with E-state index < -0.39 is 11.9 Å². The Labute approximate surface area is 141 Å². The Morgan fingerprint density at radius 1 is 1.12 bits per heavy atom. The number of methoxy groups -OCH3 is 1. The standard InChI is InChI=1S/C17H25NO6/c1-24-16(23)10-9-12(17-13(19)6-5-7-14(17)20)18-11-4-2-3-8-15(21)22/h19H,2-11H2,1H3,(H,21,22). The van der Waals surface area contributed by atoms with Crippen molar-refractivity contribution in [3.8, 4) is 0 Å². The number of aliphatic hydroxyl groups is 1. The number of aliphatic imine (C=N–C) groups is 1. The van der Waals surface area contributed by atoms with E-state index in [4.69, 9.17) is 5.11 Å². The number of nitrogens with zero attached hydrogens (tertiary/aromatic N) is 1. The number of Topliss-reactive ketones (excluding diaryl/α,β-unsaturated/α-hetero) is 1. The second kappa shape index (κ2) is 10.6. The number of ketones is 1. The molecule has 0 amide bonds. The van der Waals surface area contributed by atoms with Crippen molar-refractivity contribution in [1.82, 2.24) is 0 Å². The molecule has 1 rings (SSSR count). The van der Waals surface area contributed by atoms with E-state index in [2.05, 4.69) is 9.73 Å². The maximum absolute atomic E-state index is 12.1. The molecule has 0 unspecified atom stereocenters. The molecule has 0 saturated carbocycles. The van der Waals surface area contributed by atoms with Gasteiger partial charge in [0.05, 0.1) is 19.1 Å². The highest BCUT2D eigenvalue weighted by Crippen LogP contribution is 2.23. The maximum Gasteiger partial charge on any atom is 0.305 e. The number of carboxylic acids is 1. The van der Waals surface area contributed by atoms with E-state index in [-0.39, 0.29) is 36.4 Å². The average Bonchev–Trinajstić information content (AvgIpc) is 2.54. The number of allylic oxidation sites excluding steroid dienone is 2. The first-order chi connectivity index (χ1) is 11.5. The summed E-state index contributed by atoms with van der Waals surface area (Å²) in [6.45, 7) is 0.431. The number of unbranched alkanes of at least 4 members (excludes halogenated alkanes) is 2. The van der Waals surface area contributed by atoms with Crippen molar-refractivity contribution in [2.75, 3.05) is 13.7 Å². The molecule has 0 aliphatic heterocycles. The molecule has 1 aliphatic rings. The second-order valence-corrected chi connectivity index (χ2v) is 5.71. The van der Waals surface area contributed by atoms with Crippen molar-refractivity contribution in [3.05, 3.63) is 11.3 Å². The quantitative estimate of drug-likeness (QED) is 0.359. The first-order valence-corrected chi connectivity index (χ1v) is 8.23. The van der Waals surface area contributed by atoms with Gasteiger partial charge in [-0.15, -0.1) is 0 Å². The Morgan fingerprint density at radius 3 is 2.50 bits per heavy atom. The van der Waals surface area contributed by atoms with Gasteiger partial charge < -0.3 is 14.9 Å². The Balaban J connectivity index is 2.70. The van der Waals surface area contributed by atoms with Gasteiger partial charge in [0.15, 0.2) is 5.78 Å². The molecule has 0 heterocycles. The van der Waals surface area contributed by atoms with Gasteiger partial charge in [-0.2, -0.15) is 0 Å². The lowest BCUT2D eigenvalue weighted by atomic mass is 9.91. The smallest absolute Gasteiger partial charge is 0.305 e. The molecule has 0 aromatic heterocycles. The number of hydrogen-bond acceptors (Lipinski definition) is 6. The van der Waals surface area contributed by atoms with Crippen molar-refractivity contribution in [2.45, 2.75) is 57.8 Å². The summed E-state index contributed by atoms with van der Waals surface area (Å²) in [5.41, 5.74) is 0.691. The molecule has 134 valence electrons. The van der Waals surface area contributed by atoms with E-state index in [1.165, 1.54) is 7.11 Å². The summed E-state index contributed by atoms with van der Waals surface area (Å²) in [6.07, 6.45) is 3.89. The predicted octanol–water partition coefficient (Wildman–Crippen LogP) is 2.59. The van der Waals surface area contributed by atoms with Crippen molar-refractivity contribution >= 4 is 23.4 Å². The zero-order valence-electron chi connectivity index (χ0n) is 14.0. The SMILES string of the molecule is COC(=O)CCC(=NCCCCCC(=O)O)C1=C(O)CCCC1=O. The molecular weight excluding hydrogens is 314 g/mol. The molecule has 1 aliphatic carbocycles. The minimum Gasteiger partial charge on any atom is -0.511 e. The van der Waals surface area contributed by atoms with Crippen LogP contribution in [0, 0.1) is 0 Å². The van der Waals surface area contributed by atoms with Crippen molar-refractivity contribution < 1.29 is 29.3 Å². The molecule has 0 spiro atoms.